The predicted octanol–water partition coefficient (Wildman–Crippen LogP) is 4.77. The second kappa shape index (κ2) is 11.2. The van der Waals surface area contributed by atoms with E-state index in [1.165, 1.54) is 0 Å². The van der Waals surface area contributed by atoms with Crippen molar-refractivity contribution >= 4 is 10.0 Å². The number of methoxy groups -OCH3 is 1. The molecule has 208 valence electrons. The van der Waals surface area contributed by atoms with Crippen LogP contribution in [0.5, 0.6) is 5.75 Å². The Morgan fingerprint density at radius 3 is 2.30 bits per heavy atom. The van der Waals surface area contributed by atoms with Gasteiger partial charge in [0.05, 0.1) is 18.6 Å². The van der Waals surface area contributed by atoms with Gasteiger partial charge in [-0.15, -0.1) is 0 Å². The Labute approximate surface area is 236 Å². The molecule has 2 aliphatic rings. The average molecular weight is 558 g/mol. The number of hydrogen-bond acceptors (Lipinski definition) is 5. The fourth-order valence-electron chi connectivity index (χ4n) is 6.25. The van der Waals surface area contributed by atoms with Crippen molar-refractivity contribution in [3.05, 3.63) is 103 Å². The number of rotatable bonds is 7. The lowest BCUT2D eigenvalue weighted by Crippen LogP contribution is -2.67. The number of aliphatic hydroxyl groups is 1. The summed E-state index contributed by atoms with van der Waals surface area (Å²) < 4.78 is 36.2. The fraction of sp³-hybridized carbons (Fsp3) is 0.312. The van der Waals surface area contributed by atoms with E-state index >= 15 is 0 Å². The third kappa shape index (κ3) is 4.97. The van der Waals surface area contributed by atoms with Crippen LogP contribution >= 0.6 is 0 Å². The molecule has 6 rings (SSSR count). The zero-order chi connectivity index (χ0) is 27.7. The van der Waals surface area contributed by atoms with E-state index in [0.29, 0.717) is 18.8 Å². The first-order valence-corrected chi connectivity index (χ1v) is 15.3. The van der Waals surface area contributed by atoms with Gasteiger partial charge in [-0.3, -0.25) is 4.90 Å². The summed E-state index contributed by atoms with van der Waals surface area (Å²) >= 11 is 0. The Hall–Kier alpha value is -3.43. The maximum absolute atomic E-state index is 13.6. The zero-order valence-electron chi connectivity index (χ0n) is 22.6. The molecule has 2 saturated heterocycles. The number of ether oxygens (including phenoxy) is 1. The lowest BCUT2D eigenvalue weighted by atomic mass is 9.74. The molecule has 0 unspecified atom stereocenters. The molecular formula is C32H35N3O4S. The van der Waals surface area contributed by atoms with Gasteiger partial charge in [-0.1, -0.05) is 42.5 Å². The van der Waals surface area contributed by atoms with Crippen LogP contribution in [0.15, 0.2) is 102 Å². The van der Waals surface area contributed by atoms with E-state index in [4.69, 9.17) is 4.74 Å². The molecule has 4 aromatic rings. The maximum Gasteiger partial charge on any atom is 0.243 e. The van der Waals surface area contributed by atoms with Crippen LogP contribution in [-0.2, 0) is 10.0 Å². The summed E-state index contributed by atoms with van der Waals surface area (Å²) in [7, 11) is -2.09. The summed E-state index contributed by atoms with van der Waals surface area (Å²) in [5.74, 6) is 0.683. The summed E-state index contributed by atoms with van der Waals surface area (Å²) in [6, 6.07) is 27.5. The molecule has 0 spiro atoms. The van der Waals surface area contributed by atoms with E-state index in [-0.39, 0.29) is 29.5 Å². The number of fused-ring (bicyclic) bond motifs is 1. The minimum Gasteiger partial charge on any atom is -0.497 e. The first kappa shape index (κ1) is 26.8. The second-order valence-corrected chi connectivity index (χ2v) is 12.5. The quantitative estimate of drug-likeness (QED) is 0.355. The van der Waals surface area contributed by atoms with Crippen LogP contribution < -0.4 is 4.74 Å². The number of aromatic nitrogens is 1. The van der Waals surface area contributed by atoms with Gasteiger partial charge >= 0.3 is 0 Å². The highest BCUT2D eigenvalue weighted by atomic mass is 32.2. The molecule has 1 aromatic heterocycles. The van der Waals surface area contributed by atoms with Gasteiger partial charge < -0.3 is 14.4 Å². The number of nitrogens with zero attached hydrogens (tertiary/aromatic N) is 3. The highest BCUT2D eigenvalue weighted by Gasteiger charge is 2.50. The Kier molecular flexibility index (Phi) is 7.51. The lowest BCUT2D eigenvalue weighted by Gasteiger charge is -2.57. The standard InChI is InChI=1S/C32H35N3O4S/c1-39-28-13-15-29(16-14-28)40(37,38)34-18-5-6-19-35-30(22-34)32(31(35)23-36)25-11-9-24(10-12-25)26-17-20-33(21-26)27-7-3-2-4-8-27/h2-4,7-17,20-21,30-32,36H,5-6,18-19,22-23H2,1H3/t30-,31+,32+/m0/s1. The molecule has 0 aliphatic carbocycles. The molecule has 1 N–H and O–H groups in total. The van der Waals surface area contributed by atoms with Crippen LogP contribution in [0.2, 0.25) is 0 Å². The minimum atomic E-state index is -3.66. The Morgan fingerprint density at radius 1 is 0.875 bits per heavy atom. The summed E-state index contributed by atoms with van der Waals surface area (Å²) in [5, 5.41) is 10.3. The van der Waals surface area contributed by atoms with Gasteiger partial charge in [0.2, 0.25) is 10.0 Å². The van der Waals surface area contributed by atoms with E-state index in [9.17, 15) is 13.5 Å². The molecule has 3 heterocycles. The number of para-hydroxylation sites is 1. The molecule has 40 heavy (non-hydrogen) atoms. The van der Waals surface area contributed by atoms with Crippen molar-refractivity contribution in [2.24, 2.45) is 0 Å². The van der Waals surface area contributed by atoms with Gasteiger partial charge in [0, 0.05) is 49.2 Å². The first-order valence-electron chi connectivity index (χ1n) is 13.8. The van der Waals surface area contributed by atoms with E-state index < -0.39 is 10.0 Å². The fourth-order valence-corrected chi connectivity index (χ4v) is 7.75. The van der Waals surface area contributed by atoms with Gasteiger partial charge in [0.15, 0.2) is 0 Å². The molecule has 2 fully saturated rings. The van der Waals surface area contributed by atoms with Crippen LogP contribution in [0.4, 0.5) is 0 Å². The number of hydrogen-bond donors (Lipinski definition) is 1. The third-order valence-electron chi connectivity index (χ3n) is 8.41. The molecule has 0 amide bonds. The van der Waals surface area contributed by atoms with Gasteiger partial charge in [-0.05, 0) is 78.5 Å². The van der Waals surface area contributed by atoms with Crippen molar-refractivity contribution < 1.29 is 18.3 Å². The second-order valence-electron chi connectivity index (χ2n) is 10.6. The molecule has 0 radical (unpaired) electrons. The highest BCUT2D eigenvalue weighted by molar-refractivity contribution is 7.89. The van der Waals surface area contributed by atoms with Crippen molar-refractivity contribution in [1.82, 2.24) is 13.8 Å². The Balaban J connectivity index is 1.24. The normalized spacial score (nSPS) is 22.1. The van der Waals surface area contributed by atoms with Crippen molar-refractivity contribution in [3.8, 4) is 22.6 Å². The largest absolute Gasteiger partial charge is 0.497 e. The van der Waals surface area contributed by atoms with E-state index in [2.05, 4.69) is 64.3 Å². The van der Waals surface area contributed by atoms with Crippen LogP contribution in [0.25, 0.3) is 16.8 Å². The van der Waals surface area contributed by atoms with E-state index in [0.717, 1.165) is 41.8 Å². The van der Waals surface area contributed by atoms with Crippen LogP contribution in [0.1, 0.15) is 24.3 Å². The lowest BCUT2D eigenvalue weighted by molar-refractivity contribution is -0.0553. The minimum absolute atomic E-state index is 0.00971. The number of sulfonamides is 1. The van der Waals surface area contributed by atoms with E-state index in [1.54, 1.807) is 35.7 Å². The summed E-state index contributed by atoms with van der Waals surface area (Å²) in [6.45, 7) is 1.81. The van der Waals surface area contributed by atoms with Crippen molar-refractivity contribution in [2.45, 2.75) is 35.7 Å². The number of benzene rings is 3. The highest BCUT2D eigenvalue weighted by Crippen LogP contribution is 2.43. The third-order valence-corrected chi connectivity index (χ3v) is 10.3. The predicted molar refractivity (Wildman–Crippen MR) is 156 cm³/mol. The van der Waals surface area contributed by atoms with E-state index in [1.807, 2.05) is 18.2 Å². The van der Waals surface area contributed by atoms with Gasteiger partial charge in [0.1, 0.15) is 5.75 Å². The van der Waals surface area contributed by atoms with Crippen LogP contribution in [-0.4, -0.2) is 72.7 Å². The van der Waals surface area contributed by atoms with Gasteiger partial charge in [0.25, 0.3) is 0 Å². The van der Waals surface area contributed by atoms with Crippen molar-refractivity contribution in [3.63, 3.8) is 0 Å². The molecule has 0 bridgehead atoms. The Bertz CT molecular complexity index is 1540. The van der Waals surface area contributed by atoms with Crippen molar-refractivity contribution in [2.75, 3.05) is 33.4 Å². The SMILES string of the molecule is COc1ccc(S(=O)(=O)N2CCCCN3[C@H](CO)[C@H](c4ccc(-c5ccn(-c6ccccc6)c5)cc4)[C@@H]3C2)cc1. The molecule has 3 aromatic carbocycles. The molecule has 7 nitrogen and oxygen atoms in total. The van der Waals surface area contributed by atoms with Gasteiger partial charge in [-0.2, -0.15) is 4.31 Å². The topological polar surface area (TPSA) is 75.0 Å². The molecule has 2 aliphatic heterocycles. The summed E-state index contributed by atoms with van der Waals surface area (Å²) in [5.41, 5.74) is 4.50. The number of aliphatic hydroxyl groups excluding tert-OH is 1. The molecule has 0 saturated carbocycles. The van der Waals surface area contributed by atoms with Gasteiger partial charge in [-0.25, -0.2) is 8.42 Å². The average Bonchev–Trinajstić information content (AvgIpc) is 3.47. The van der Waals surface area contributed by atoms with Crippen molar-refractivity contribution in [1.29, 1.82) is 0 Å². The molecular weight excluding hydrogens is 522 g/mol. The summed E-state index contributed by atoms with van der Waals surface area (Å²) in [6.07, 6.45) is 5.88. The monoisotopic (exact) mass is 557 g/mol. The summed E-state index contributed by atoms with van der Waals surface area (Å²) in [4.78, 5) is 2.58. The Morgan fingerprint density at radius 2 is 1.60 bits per heavy atom. The molecule has 3 atom stereocenters. The first-order chi connectivity index (χ1) is 19.5. The van der Waals surface area contributed by atoms with Crippen LogP contribution in [0.3, 0.4) is 0 Å². The maximum atomic E-state index is 13.6. The van der Waals surface area contributed by atoms with Crippen LogP contribution in [0, 0.1) is 0 Å². The zero-order valence-corrected chi connectivity index (χ0v) is 23.5. The smallest absolute Gasteiger partial charge is 0.243 e. The molecule has 8 heteroatoms.